The molecule has 1 heterocycles. The molecule has 0 unspecified atom stereocenters. The lowest BCUT2D eigenvalue weighted by Crippen LogP contribution is -2.34. The maximum absolute atomic E-state index is 5.25. The Morgan fingerprint density at radius 1 is 1.29 bits per heavy atom. The van der Waals surface area contributed by atoms with Gasteiger partial charge in [-0.15, -0.1) is 0 Å². The minimum Gasteiger partial charge on any atom is -0.497 e. The van der Waals surface area contributed by atoms with E-state index in [-0.39, 0.29) is 0 Å². The Morgan fingerprint density at radius 2 is 2.18 bits per heavy atom. The van der Waals surface area contributed by atoms with Gasteiger partial charge in [-0.25, -0.2) is 0 Å². The summed E-state index contributed by atoms with van der Waals surface area (Å²) in [5.74, 6) is 0.891. The maximum atomic E-state index is 5.25. The van der Waals surface area contributed by atoms with Crippen LogP contribution in [0.2, 0.25) is 0 Å². The van der Waals surface area contributed by atoms with Gasteiger partial charge in [0.25, 0.3) is 0 Å². The highest BCUT2D eigenvalue weighted by molar-refractivity contribution is 5.89. The first-order valence-electron chi connectivity index (χ1n) is 6.34. The normalized spacial score (nSPS) is 26.4. The number of hydrogen-bond acceptors (Lipinski definition) is 3. The number of nitrogens with one attached hydrogen (secondary N) is 1. The van der Waals surface area contributed by atoms with E-state index in [2.05, 4.69) is 11.4 Å². The lowest BCUT2D eigenvalue weighted by Gasteiger charge is -2.29. The van der Waals surface area contributed by atoms with E-state index in [1.165, 1.54) is 31.4 Å². The summed E-state index contributed by atoms with van der Waals surface area (Å²) >= 11 is 0. The molecule has 0 amide bonds. The highest BCUT2D eigenvalue weighted by Gasteiger charge is 2.26. The average Bonchev–Trinajstić information content (AvgIpc) is 2.57. The first kappa shape index (κ1) is 10.6. The standard InChI is InChI=1S/C14H18N2O/c1-17-11-6-7-12-10(8-11)9-15-13-4-2-3-5-14(13)16-12/h6-9,13-14,16H,2-5H2,1H3/t13-,14-/m1/s1. The lowest BCUT2D eigenvalue weighted by molar-refractivity contribution is 0.408. The Kier molecular flexibility index (Phi) is 2.75. The summed E-state index contributed by atoms with van der Waals surface area (Å²) in [5, 5.41) is 3.63. The summed E-state index contributed by atoms with van der Waals surface area (Å²) in [6, 6.07) is 7.10. The summed E-state index contributed by atoms with van der Waals surface area (Å²) < 4.78 is 5.25. The molecule has 1 aliphatic carbocycles. The first-order chi connectivity index (χ1) is 8.36. The molecule has 2 aliphatic rings. The quantitative estimate of drug-likeness (QED) is 0.804. The van der Waals surface area contributed by atoms with Crippen LogP contribution in [0.3, 0.4) is 0 Å². The molecule has 17 heavy (non-hydrogen) atoms. The lowest BCUT2D eigenvalue weighted by atomic mass is 9.91. The van der Waals surface area contributed by atoms with Crippen LogP contribution in [-0.2, 0) is 0 Å². The van der Waals surface area contributed by atoms with E-state index in [0.717, 1.165) is 11.3 Å². The van der Waals surface area contributed by atoms with Gasteiger partial charge in [0, 0.05) is 23.5 Å². The van der Waals surface area contributed by atoms with E-state index < -0.39 is 0 Å². The van der Waals surface area contributed by atoms with Gasteiger partial charge in [0.2, 0.25) is 0 Å². The molecule has 2 atom stereocenters. The number of ether oxygens (including phenoxy) is 1. The Morgan fingerprint density at radius 3 is 3.06 bits per heavy atom. The zero-order chi connectivity index (χ0) is 11.7. The molecule has 1 N–H and O–H groups in total. The van der Waals surface area contributed by atoms with Crippen LogP contribution in [0.15, 0.2) is 23.2 Å². The third-order valence-corrected chi connectivity index (χ3v) is 3.73. The topological polar surface area (TPSA) is 33.6 Å². The third-order valence-electron chi connectivity index (χ3n) is 3.73. The summed E-state index contributed by atoms with van der Waals surface area (Å²) in [7, 11) is 1.70. The molecule has 3 rings (SSSR count). The molecule has 0 radical (unpaired) electrons. The molecule has 0 aromatic heterocycles. The van der Waals surface area contributed by atoms with Gasteiger partial charge >= 0.3 is 0 Å². The number of fused-ring (bicyclic) bond motifs is 2. The van der Waals surface area contributed by atoms with Crippen LogP contribution in [0.5, 0.6) is 5.75 Å². The average molecular weight is 230 g/mol. The molecule has 0 bridgehead atoms. The number of rotatable bonds is 1. The highest BCUT2D eigenvalue weighted by atomic mass is 16.5. The smallest absolute Gasteiger partial charge is 0.119 e. The second-order valence-electron chi connectivity index (χ2n) is 4.83. The van der Waals surface area contributed by atoms with Gasteiger partial charge in [-0.2, -0.15) is 0 Å². The van der Waals surface area contributed by atoms with E-state index in [1.54, 1.807) is 7.11 Å². The van der Waals surface area contributed by atoms with Crippen LogP contribution in [0.4, 0.5) is 5.69 Å². The van der Waals surface area contributed by atoms with Crippen molar-refractivity contribution in [1.29, 1.82) is 0 Å². The predicted octanol–water partition coefficient (Wildman–Crippen LogP) is 2.85. The van der Waals surface area contributed by atoms with Gasteiger partial charge in [-0.05, 0) is 31.0 Å². The molecule has 1 fully saturated rings. The number of hydrogen-bond donors (Lipinski definition) is 1. The van der Waals surface area contributed by atoms with Crippen molar-refractivity contribution in [3.63, 3.8) is 0 Å². The van der Waals surface area contributed by atoms with Crippen LogP contribution >= 0.6 is 0 Å². The van der Waals surface area contributed by atoms with Crippen molar-refractivity contribution in [3.8, 4) is 5.75 Å². The van der Waals surface area contributed by atoms with E-state index >= 15 is 0 Å². The van der Waals surface area contributed by atoms with Crippen molar-refractivity contribution in [2.24, 2.45) is 4.99 Å². The highest BCUT2D eigenvalue weighted by Crippen LogP contribution is 2.30. The molecule has 3 heteroatoms. The maximum Gasteiger partial charge on any atom is 0.119 e. The molecule has 1 saturated carbocycles. The molecule has 1 aromatic rings. The van der Waals surface area contributed by atoms with Gasteiger partial charge in [-0.3, -0.25) is 4.99 Å². The van der Waals surface area contributed by atoms with Gasteiger partial charge in [-0.1, -0.05) is 12.8 Å². The van der Waals surface area contributed by atoms with E-state index in [0.29, 0.717) is 12.1 Å². The minimum absolute atomic E-state index is 0.446. The third kappa shape index (κ3) is 2.02. The molecule has 1 aliphatic heterocycles. The second-order valence-corrected chi connectivity index (χ2v) is 4.83. The largest absolute Gasteiger partial charge is 0.497 e. The van der Waals surface area contributed by atoms with Crippen LogP contribution in [0.25, 0.3) is 0 Å². The van der Waals surface area contributed by atoms with Crippen LogP contribution in [-0.4, -0.2) is 25.4 Å². The number of benzene rings is 1. The van der Waals surface area contributed by atoms with Gasteiger partial charge in [0.1, 0.15) is 5.75 Å². The molecule has 1 aromatic carbocycles. The summed E-state index contributed by atoms with van der Waals surface area (Å²) in [6.07, 6.45) is 7.06. The van der Waals surface area contributed by atoms with E-state index in [9.17, 15) is 0 Å². The van der Waals surface area contributed by atoms with Crippen LogP contribution in [0.1, 0.15) is 31.2 Å². The van der Waals surface area contributed by atoms with E-state index in [1.807, 2.05) is 18.3 Å². The fourth-order valence-corrected chi connectivity index (χ4v) is 2.74. The van der Waals surface area contributed by atoms with Crippen molar-refractivity contribution in [1.82, 2.24) is 0 Å². The van der Waals surface area contributed by atoms with Crippen LogP contribution < -0.4 is 10.1 Å². The molecular weight excluding hydrogens is 212 g/mol. The number of methoxy groups -OCH3 is 1. The zero-order valence-electron chi connectivity index (χ0n) is 10.1. The first-order valence-corrected chi connectivity index (χ1v) is 6.34. The van der Waals surface area contributed by atoms with Gasteiger partial charge < -0.3 is 10.1 Å². The van der Waals surface area contributed by atoms with Crippen molar-refractivity contribution in [2.75, 3.05) is 12.4 Å². The van der Waals surface area contributed by atoms with Gasteiger partial charge in [0.05, 0.1) is 13.2 Å². The van der Waals surface area contributed by atoms with Crippen molar-refractivity contribution in [3.05, 3.63) is 23.8 Å². The predicted molar refractivity (Wildman–Crippen MR) is 70.3 cm³/mol. The molecule has 90 valence electrons. The SMILES string of the molecule is COc1ccc2c(c1)C=N[C@@H]1CCCC[C@H]1N2. The molecule has 3 nitrogen and oxygen atoms in total. The fourth-order valence-electron chi connectivity index (χ4n) is 2.74. The van der Waals surface area contributed by atoms with Gasteiger partial charge in [0.15, 0.2) is 0 Å². The summed E-state index contributed by atoms with van der Waals surface area (Å²) in [6.45, 7) is 0. The van der Waals surface area contributed by atoms with E-state index in [4.69, 9.17) is 9.73 Å². The van der Waals surface area contributed by atoms with Crippen molar-refractivity contribution >= 4 is 11.9 Å². The fraction of sp³-hybridized carbons (Fsp3) is 0.500. The number of nitrogens with zero attached hydrogens (tertiary/aromatic N) is 1. The molecule has 0 spiro atoms. The zero-order valence-corrected chi connectivity index (χ0v) is 10.1. The molecule has 0 saturated heterocycles. The Labute approximate surface area is 102 Å². The Hall–Kier alpha value is -1.51. The second kappa shape index (κ2) is 4.40. The Balaban J connectivity index is 1.94. The van der Waals surface area contributed by atoms with Crippen LogP contribution in [0, 0.1) is 0 Å². The summed E-state index contributed by atoms with van der Waals surface area (Å²) in [4.78, 5) is 4.72. The molecular formula is C14H18N2O. The van der Waals surface area contributed by atoms with Crippen molar-refractivity contribution < 1.29 is 4.74 Å². The number of aliphatic imine (C=N–C) groups is 1. The monoisotopic (exact) mass is 230 g/mol. The minimum atomic E-state index is 0.446. The number of anilines is 1. The Bertz CT molecular complexity index is 442. The summed E-state index contributed by atoms with van der Waals surface area (Å²) in [5.41, 5.74) is 2.32. The van der Waals surface area contributed by atoms with Crippen molar-refractivity contribution in [2.45, 2.75) is 37.8 Å².